The topological polar surface area (TPSA) is 29.5 Å². The van der Waals surface area contributed by atoms with E-state index < -0.39 is 0 Å². The van der Waals surface area contributed by atoms with Crippen LogP contribution in [0.15, 0.2) is 12.1 Å². The minimum absolute atomic E-state index is 0.0460. The van der Waals surface area contributed by atoms with Crippen molar-refractivity contribution < 1.29 is 9.53 Å². The molecule has 0 bridgehead atoms. The van der Waals surface area contributed by atoms with Crippen molar-refractivity contribution in [2.75, 3.05) is 25.1 Å². The Kier molecular flexibility index (Phi) is 4.24. The summed E-state index contributed by atoms with van der Waals surface area (Å²) in [6.07, 6.45) is 0. The molecule has 3 nitrogen and oxygen atoms in total. The van der Waals surface area contributed by atoms with Crippen LogP contribution in [0.4, 0.5) is 0 Å². The Morgan fingerprint density at radius 1 is 1.69 bits per heavy atom. The zero-order valence-electron chi connectivity index (χ0n) is 8.49. The third-order valence-corrected chi connectivity index (χ3v) is 4.42. The molecule has 1 aromatic rings. The van der Waals surface area contributed by atoms with Gasteiger partial charge >= 0.3 is 0 Å². The molecule has 1 aliphatic rings. The number of thiophene rings is 1. The van der Waals surface area contributed by atoms with Crippen LogP contribution in [-0.4, -0.2) is 41.9 Å². The molecule has 1 atom stereocenters. The second-order valence-corrected chi connectivity index (χ2v) is 5.85. The van der Waals surface area contributed by atoms with Gasteiger partial charge in [-0.05, 0) is 12.1 Å². The van der Waals surface area contributed by atoms with Crippen LogP contribution in [0.1, 0.15) is 9.67 Å². The quantitative estimate of drug-likeness (QED) is 0.783. The van der Waals surface area contributed by atoms with E-state index in [-0.39, 0.29) is 11.9 Å². The molecular weight excluding hydrogens is 314 g/mol. The van der Waals surface area contributed by atoms with Crippen LogP contribution in [0.2, 0.25) is 4.34 Å². The van der Waals surface area contributed by atoms with Crippen molar-refractivity contribution >= 4 is 44.8 Å². The number of halogens is 2. The van der Waals surface area contributed by atoms with E-state index in [2.05, 4.69) is 15.9 Å². The summed E-state index contributed by atoms with van der Waals surface area (Å²) in [5.74, 6) is 0.0460. The van der Waals surface area contributed by atoms with Crippen molar-refractivity contribution in [1.29, 1.82) is 0 Å². The van der Waals surface area contributed by atoms with E-state index in [0.29, 0.717) is 29.0 Å². The highest BCUT2D eigenvalue weighted by Crippen LogP contribution is 2.24. The number of rotatable bonds is 2. The summed E-state index contributed by atoms with van der Waals surface area (Å²) >= 11 is 10.5. The molecule has 1 amide bonds. The van der Waals surface area contributed by atoms with Crippen LogP contribution in [0.25, 0.3) is 0 Å². The summed E-state index contributed by atoms with van der Waals surface area (Å²) in [4.78, 5) is 14.7. The first kappa shape index (κ1) is 12.4. The number of carbonyl (C=O) groups excluding carboxylic acids is 1. The summed E-state index contributed by atoms with van der Waals surface area (Å²) in [7, 11) is 0. The first-order valence-electron chi connectivity index (χ1n) is 4.92. The second kappa shape index (κ2) is 5.49. The number of amides is 1. The predicted octanol–water partition coefficient (Wildman–Crippen LogP) is 2.64. The van der Waals surface area contributed by atoms with Gasteiger partial charge in [0.15, 0.2) is 0 Å². The van der Waals surface area contributed by atoms with Gasteiger partial charge in [-0.25, -0.2) is 0 Å². The first-order chi connectivity index (χ1) is 7.72. The number of carbonyl (C=O) groups is 1. The van der Waals surface area contributed by atoms with Crippen LogP contribution in [0.3, 0.4) is 0 Å². The molecule has 2 rings (SSSR count). The predicted molar refractivity (Wildman–Crippen MR) is 68.8 cm³/mol. The molecule has 1 aliphatic heterocycles. The smallest absolute Gasteiger partial charge is 0.264 e. The van der Waals surface area contributed by atoms with E-state index in [0.717, 1.165) is 5.33 Å². The number of morpholine rings is 1. The average Bonchev–Trinajstić information content (AvgIpc) is 2.75. The molecule has 1 fully saturated rings. The molecule has 2 heterocycles. The number of alkyl halides is 1. The molecule has 6 heteroatoms. The van der Waals surface area contributed by atoms with Crippen LogP contribution < -0.4 is 0 Å². The van der Waals surface area contributed by atoms with E-state index in [9.17, 15) is 4.79 Å². The van der Waals surface area contributed by atoms with Crippen molar-refractivity contribution in [2.24, 2.45) is 0 Å². The molecule has 0 spiro atoms. The van der Waals surface area contributed by atoms with Gasteiger partial charge in [0.2, 0.25) is 0 Å². The second-order valence-electron chi connectivity index (χ2n) is 3.49. The Morgan fingerprint density at radius 2 is 2.50 bits per heavy atom. The molecule has 0 saturated carbocycles. The van der Waals surface area contributed by atoms with Crippen LogP contribution >= 0.6 is 38.9 Å². The normalized spacial score (nSPS) is 21.1. The molecule has 0 aliphatic carbocycles. The van der Waals surface area contributed by atoms with Crippen molar-refractivity contribution in [3.05, 3.63) is 21.3 Å². The summed E-state index contributed by atoms with van der Waals surface area (Å²) in [5, 5.41) is 0.734. The third-order valence-electron chi connectivity index (χ3n) is 2.45. The fraction of sp³-hybridized carbons (Fsp3) is 0.500. The first-order valence-corrected chi connectivity index (χ1v) is 7.24. The third kappa shape index (κ3) is 2.59. The van der Waals surface area contributed by atoms with Crippen LogP contribution in [0, 0.1) is 0 Å². The number of nitrogens with zero attached hydrogens (tertiary/aromatic N) is 1. The molecule has 16 heavy (non-hydrogen) atoms. The highest BCUT2D eigenvalue weighted by atomic mass is 79.9. The Balaban J connectivity index is 2.13. The molecule has 1 aromatic heterocycles. The molecule has 1 unspecified atom stereocenters. The lowest BCUT2D eigenvalue weighted by molar-refractivity contribution is 0.00552. The average molecular weight is 325 g/mol. The van der Waals surface area contributed by atoms with Gasteiger partial charge in [-0.2, -0.15) is 0 Å². The van der Waals surface area contributed by atoms with Gasteiger partial charge < -0.3 is 9.64 Å². The summed E-state index contributed by atoms with van der Waals surface area (Å²) in [5.41, 5.74) is 0. The van der Waals surface area contributed by atoms with Crippen molar-refractivity contribution in [2.45, 2.75) is 6.04 Å². The van der Waals surface area contributed by atoms with E-state index in [4.69, 9.17) is 16.3 Å². The Labute approximate surface area is 111 Å². The highest BCUT2D eigenvalue weighted by Gasteiger charge is 2.27. The Morgan fingerprint density at radius 3 is 3.12 bits per heavy atom. The standard InChI is InChI=1S/C10H11BrClNO2S/c11-5-7-6-15-4-3-13(7)10(14)8-1-2-9(12)16-8/h1-2,7H,3-6H2. The molecular formula is C10H11BrClNO2S. The van der Waals surface area contributed by atoms with Gasteiger partial charge in [-0.3, -0.25) is 4.79 Å². The number of hydrogen-bond donors (Lipinski definition) is 0. The zero-order chi connectivity index (χ0) is 11.5. The van der Waals surface area contributed by atoms with Crippen LogP contribution in [0.5, 0.6) is 0 Å². The fourth-order valence-corrected chi connectivity index (χ4v) is 3.16. The van der Waals surface area contributed by atoms with Gasteiger partial charge in [0.25, 0.3) is 5.91 Å². The van der Waals surface area contributed by atoms with E-state index in [1.165, 1.54) is 11.3 Å². The summed E-state index contributed by atoms with van der Waals surface area (Å²) < 4.78 is 5.99. The Hall–Kier alpha value is -0.100. The molecule has 1 saturated heterocycles. The maximum Gasteiger partial charge on any atom is 0.264 e. The summed E-state index contributed by atoms with van der Waals surface area (Å²) in [6.45, 7) is 1.84. The zero-order valence-corrected chi connectivity index (χ0v) is 11.6. The monoisotopic (exact) mass is 323 g/mol. The minimum atomic E-state index is 0.0460. The number of ether oxygens (including phenoxy) is 1. The summed E-state index contributed by atoms with van der Waals surface area (Å²) in [6, 6.07) is 3.64. The molecule has 0 radical (unpaired) electrons. The SMILES string of the molecule is O=C(c1ccc(Cl)s1)N1CCOCC1CBr. The van der Waals surface area contributed by atoms with Crippen LogP contribution in [-0.2, 0) is 4.74 Å². The highest BCUT2D eigenvalue weighted by molar-refractivity contribution is 9.09. The van der Waals surface area contributed by atoms with Crippen molar-refractivity contribution in [3.8, 4) is 0 Å². The van der Waals surface area contributed by atoms with E-state index in [1.807, 2.05) is 4.90 Å². The van der Waals surface area contributed by atoms with Gasteiger partial charge in [-0.15, -0.1) is 11.3 Å². The van der Waals surface area contributed by atoms with Gasteiger partial charge in [0.1, 0.15) is 0 Å². The maximum absolute atomic E-state index is 12.2. The molecule has 0 N–H and O–H groups in total. The fourth-order valence-electron chi connectivity index (χ4n) is 1.62. The van der Waals surface area contributed by atoms with E-state index >= 15 is 0 Å². The van der Waals surface area contributed by atoms with Crippen molar-refractivity contribution in [3.63, 3.8) is 0 Å². The maximum atomic E-state index is 12.2. The largest absolute Gasteiger partial charge is 0.377 e. The Bertz CT molecular complexity index is 385. The minimum Gasteiger partial charge on any atom is -0.377 e. The lowest BCUT2D eigenvalue weighted by Crippen LogP contribution is -2.49. The lowest BCUT2D eigenvalue weighted by atomic mass is 10.2. The van der Waals surface area contributed by atoms with Gasteiger partial charge in [0.05, 0.1) is 28.5 Å². The lowest BCUT2D eigenvalue weighted by Gasteiger charge is -2.34. The van der Waals surface area contributed by atoms with E-state index in [1.54, 1.807) is 12.1 Å². The van der Waals surface area contributed by atoms with Gasteiger partial charge in [0, 0.05) is 11.9 Å². The molecule has 0 aromatic carbocycles. The van der Waals surface area contributed by atoms with Gasteiger partial charge in [-0.1, -0.05) is 27.5 Å². The van der Waals surface area contributed by atoms with Crippen molar-refractivity contribution in [1.82, 2.24) is 4.90 Å². The number of hydrogen-bond acceptors (Lipinski definition) is 3. The molecule has 88 valence electrons.